The molecule has 0 fully saturated rings. The molecular weight excluding hydrogens is 724 g/mol. The minimum atomic E-state index is -0.969. The maximum Gasteiger partial charge on any atom is 0.325 e. The van der Waals surface area contributed by atoms with Gasteiger partial charge in [-0.15, -0.1) is 12.4 Å². The molecule has 2 atom stereocenters. The molecule has 0 radical (unpaired) electrons. The molecule has 4 aromatic rings. The fourth-order valence-electron chi connectivity index (χ4n) is 5.66. The van der Waals surface area contributed by atoms with Gasteiger partial charge in [-0.1, -0.05) is 24.3 Å². The Balaban J connectivity index is 0.00000812. The van der Waals surface area contributed by atoms with Gasteiger partial charge >= 0.3 is 5.97 Å². The fraction of sp³-hybridized carbons (Fsp3) is 0.385. The molecule has 0 saturated heterocycles. The number of amides is 3. The monoisotopic (exact) mass is 774 g/mol. The Morgan fingerprint density at radius 2 is 1.05 bits per heavy atom. The van der Waals surface area contributed by atoms with Crippen LogP contribution < -0.4 is 21.7 Å². The molecule has 0 spiro atoms. The van der Waals surface area contributed by atoms with Crippen LogP contribution in [0, 0.1) is 0 Å². The summed E-state index contributed by atoms with van der Waals surface area (Å²) >= 11 is 0. The number of pyridine rings is 4. The van der Waals surface area contributed by atoms with Crippen LogP contribution in [0.4, 0.5) is 0 Å². The van der Waals surface area contributed by atoms with Crippen LogP contribution in [0.25, 0.3) is 0 Å². The standard InChI is InChI=1S/C39H50N10O5.ClH/c1-54-37(51)25-46-39(53)35(17-11-23-49(28-32-14-4-8-20-43-32)29-33-15-5-9-21-44-33)47-36(50)24-45-38(52)34(40)16-10-22-48(26-30-12-2-6-18-41-30)27-31-13-3-7-19-42-31;/h2-9,12-15,18-21,34-35H,10-11,16-17,22-29,40H2,1H3,(H,45,52)(H,46,53)(H,47,50);1H/t34-,35+;/m0./s1. The highest BCUT2D eigenvalue weighted by Gasteiger charge is 2.23. The van der Waals surface area contributed by atoms with Gasteiger partial charge in [0.2, 0.25) is 17.7 Å². The van der Waals surface area contributed by atoms with Gasteiger partial charge in [-0.05, 0) is 87.3 Å². The Labute approximate surface area is 328 Å². The number of halogens is 1. The summed E-state index contributed by atoms with van der Waals surface area (Å²) in [6, 6.07) is 21.2. The Bertz CT molecular complexity index is 1630. The van der Waals surface area contributed by atoms with Crippen molar-refractivity contribution in [3.05, 3.63) is 120 Å². The van der Waals surface area contributed by atoms with E-state index in [2.05, 4.69) is 50.4 Å². The van der Waals surface area contributed by atoms with Crippen LogP contribution in [0.5, 0.6) is 0 Å². The highest BCUT2D eigenvalue weighted by Crippen LogP contribution is 2.11. The molecule has 4 aromatic heterocycles. The minimum Gasteiger partial charge on any atom is -0.468 e. The third-order valence-electron chi connectivity index (χ3n) is 8.45. The van der Waals surface area contributed by atoms with Gasteiger partial charge in [0.05, 0.1) is 42.5 Å². The zero-order chi connectivity index (χ0) is 38.4. The number of esters is 1. The zero-order valence-corrected chi connectivity index (χ0v) is 31.9. The molecule has 55 heavy (non-hydrogen) atoms. The van der Waals surface area contributed by atoms with Crippen molar-refractivity contribution in [1.29, 1.82) is 0 Å². The van der Waals surface area contributed by atoms with E-state index in [1.54, 1.807) is 24.8 Å². The van der Waals surface area contributed by atoms with Crippen LogP contribution in [0.3, 0.4) is 0 Å². The highest BCUT2D eigenvalue weighted by molar-refractivity contribution is 5.92. The summed E-state index contributed by atoms with van der Waals surface area (Å²) in [5.41, 5.74) is 9.83. The Hall–Kier alpha value is -5.35. The first-order valence-electron chi connectivity index (χ1n) is 18.0. The molecule has 0 saturated carbocycles. The predicted molar refractivity (Wildman–Crippen MR) is 209 cm³/mol. The van der Waals surface area contributed by atoms with Crippen LogP contribution >= 0.6 is 12.4 Å². The topological polar surface area (TPSA) is 198 Å². The molecule has 0 aliphatic rings. The maximum atomic E-state index is 13.1. The first-order valence-corrected chi connectivity index (χ1v) is 18.0. The molecule has 294 valence electrons. The number of hydrogen-bond donors (Lipinski definition) is 4. The number of nitrogens with two attached hydrogens (primary N) is 1. The van der Waals surface area contributed by atoms with Gasteiger partial charge in [0.25, 0.3) is 0 Å². The van der Waals surface area contributed by atoms with Crippen molar-refractivity contribution in [2.24, 2.45) is 5.73 Å². The molecule has 4 heterocycles. The number of methoxy groups -OCH3 is 1. The van der Waals surface area contributed by atoms with Crippen molar-refractivity contribution in [1.82, 2.24) is 45.7 Å². The number of nitrogens with zero attached hydrogens (tertiary/aromatic N) is 6. The van der Waals surface area contributed by atoms with Crippen molar-refractivity contribution < 1.29 is 23.9 Å². The average molecular weight is 775 g/mol. The second kappa shape index (κ2) is 24.9. The zero-order valence-electron chi connectivity index (χ0n) is 31.1. The summed E-state index contributed by atoms with van der Waals surface area (Å²) in [7, 11) is 1.22. The predicted octanol–water partition coefficient (Wildman–Crippen LogP) is 2.17. The van der Waals surface area contributed by atoms with E-state index in [-0.39, 0.29) is 31.9 Å². The molecule has 5 N–H and O–H groups in total. The summed E-state index contributed by atoms with van der Waals surface area (Å²) < 4.78 is 4.64. The van der Waals surface area contributed by atoms with E-state index in [0.717, 1.165) is 22.8 Å². The molecule has 0 unspecified atom stereocenters. The van der Waals surface area contributed by atoms with Gasteiger partial charge in [-0.3, -0.25) is 48.9 Å². The fourth-order valence-corrected chi connectivity index (χ4v) is 5.66. The van der Waals surface area contributed by atoms with Crippen molar-refractivity contribution >= 4 is 36.1 Å². The molecule has 16 heteroatoms. The Morgan fingerprint density at radius 1 is 0.636 bits per heavy atom. The van der Waals surface area contributed by atoms with Crippen molar-refractivity contribution in [2.45, 2.75) is 63.9 Å². The average Bonchev–Trinajstić information content (AvgIpc) is 3.19. The third-order valence-corrected chi connectivity index (χ3v) is 8.45. The lowest BCUT2D eigenvalue weighted by molar-refractivity contribution is -0.141. The summed E-state index contributed by atoms with van der Waals surface area (Å²) in [6.45, 7) is 2.84. The molecular formula is C39H51ClN10O5. The van der Waals surface area contributed by atoms with Gasteiger partial charge in [0.1, 0.15) is 12.6 Å². The molecule has 0 aliphatic carbocycles. The van der Waals surface area contributed by atoms with Crippen LogP contribution in [0.2, 0.25) is 0 Å². The van der Waals surface area contributed by atoms with E-state index in [1.165, 1.54) is 7.11 Å². The highest BCUT2D eigenvalue weighted by atomic mass is 35.5. The van der Waals surface area contributed by atoms with Crippen molar-refractivity contribution in [2.75, 3.05) is 33.3 Å². The number of carbonyl (C=O) groups is 4. The van der Waals surface area contributed by atoms with Gasteiger partial charge in [0.15, 0.2) is 0 Å². The van der Waals surface area contributed by atoms with Crippen LogP contribution in [-0.2, 0) is 50.1 Å². The van der Waals surface area contributed by atoms with Crippen molar-refractivity contribution in [3.63, 3.8) is 0 Å². The SMILES string of the molecule is COC(=O)CNC(=O)[C@@H](CCCN(Cc1ccccn1)Cc1ccccn1)NC(=O)CNC(=O)[C@@H](N)CCCN(Cc1ccccn1)Cc1ccccn1.Cl. The smallest absolute Gasteiger partial charge is 0.325 e. The van der Waals surface area contributed by atoms with Gasteiger partial charge in [0, 0.05) is 51.0 Å². The number of hydrogen-bond acceptors (Lipinski definition) is 12. The number of ether oxygens (including phenoxy) is 1. The molecule has 0 bridgehead atoms. The van der Waals surface area contributed by atoms with Crippen LogP contribution in [0.1, 0.15) is 48.5 Å². The number of rotatable bonds is 23. The second-order valence-electron chi connectivity index (χ2n) is 12.7. The molecule has 4 rings (SSSR count). The van der Waals surface area contributed by atoms with Gasteiger partial charge < -0.3 is 26.4 Å². The lowest BCUT2D eigenvalue weighted by atomic mass is 10.1. The van der Waals surface area contributed by atoms with Crippen molar-refractivity contribution in [3.8, 4) is 0 Å². The molecule has 0 aromatic carbocycles. The van der Waals surface area contributed by atoms with E-state index in [0.29, 0.717) is 58.5 Å². The largest absolute Gasteiger partial charge is 0.468 e. The first kappa shape index (κ1) is 44.0. The Morgan fingerprint density at radius 3 is 1.45 bits per heavy atom. The normalized spacial score (nSPS) is 11.9. The minimum absolute atomic E-state index is 0. The molecule has 15 nitrogen and oxygen atoms in total. The van der Waals surface area contributed by atoms with E-state index >= 15 is 0 Å². The van der Waals surface area contributed by atoms with Gasteiger partial charge in [-0.25, -0.2) is 0 Å². The Kier molecular flexibility index (Phi) is 19.9. The van der Waals surface area contributed by atoms with E-state index in [9.17, 15) is 19.2 Å². The van der Waals surface area contributed by atoms with Crippen LogP contribution in [-0.4, -0.2) is 98.8 Å². The van der Waals surface area contributed by atoms with E-state index in [1.807, 2.05) is 72.8 Å². The summed E-state index contributed by atoms with van der Waals surface area (Å²) in [6.07, 6.45) is 8.78. The first-order chi connectivity index (χ1) is 26.3. The van der Waals surface area contributed by atoms with E-state index in [4.69, 9.17) is 5.73 Å². The lowest BCUT2D eigenvalue weighted by Crippen LogP contribution is -2.51. The van der Waals surface area contributed by atoms with Crippen LogP contribution in [0.15, 0.2) is 97.6 Å². The lowest BCUT2D eigenvalue weighted by Gasteiger charge is -2.24. The van der Waals surface area contributed by atoms with E-state index < -0.39 is 35.8 Å². The molecule has 0 aliphatic heterocycles. The van der Waals surface area contributed by atoms with Gasteiger partial charge in [-0.2, -0.15) is 0 Å². The number of carbonyl (C=O) groups excluding carboxylic acids is 4. The number of aromatic nitrogens is 4. The second-order valence-corrected chi connectivity index (χ2v) is 12.7. The summed E-state index contributed by atoms with van der Waals surface area (Å²) in [5.74, 6) is -2.20. The molecule has 3 amide bonds. The third kappa shape index (κ3) is 17.1. The number of nitrogens with one attached hydrogen (secondary N) is 3. The maximum absolute atomic E-state index is 13.1. The summed E-state index contributed by atoms with van der Waals surface area (Å²) in [4.78, 5) is 72.9. The summed E-state index contributed by atoms with van der Waals surface area (Å²) in [5, 5.41) is 7.83. The quantitative estimate of drug-likeness (QED) is 0.0803.